The van der Waals surface area contributed by atoms with Gasteiger partial charge in [-0.3, -0.25) is 4.79 Å². The van der Waals surface area contributed by atoms with Crippen molar-refractivity contribution in [1.29, 1.82) is 0 Å². The smallest absolute Gasteiger partial charge is 0.224 e. The van der Waals surface area contributed by atoms with Gasteiger partial charge in [0, 0.05) is 6.54 Å². The Morgan fingerprint density at radius 2 is 1.90 bits per heavy atom. The fourth-order valence-electron chi connectivity index (χ4n) is 1.97. The van der Waals surface area contributed by atoms with E-state index in [1.807, 2.05) is 30.3 Å². The zero-order valence-electron chi connectivity index (χ0n) is 11.9. The second kappa shape index (κ2) is 7.43. The summed E-state index contributed by atoms with van der Waals surface area (Å²) in [4.78, 5) is 11.8. The summed E-state index contributed by atoms with van der Waals surface area (Å²) >= 11 is 0. The van der Waals surface area contributed by atoms with Crippen LogP contribution < -0.4 is 10.1 Å². The Labute approximate surface area is 123 Å². The predicted molar refractivity (Wildman–Crippen MR) is 79.6 cm³/mol. The van der Waals surface area contributed by atoms with E-state index in [-0.39, 0.29) is 11.7 Å². The van der Waals surface area contributed by atoms with E-state index in [4.69, 9.17) is 4.74 Å². The number of carbonyl (C=O) groups excluding carboxylic acids is 1. The van der Waals surface area contributed by atoms with Gasteiger partial charge in [0.2, 0.25) is 5.91 Å². The number of nitrogens with one attached hydrogen (secondary N) is 1. The van der Waals surface area contributed by atoms with Gasteiger partial charge in [-0.15, -0.1) is 0 Å². The summed E-state index contributed by atoms with van der Waals surface area (Å²) in [5, 5.41) is 2.78. The summed E-state index contributed by atoms with van der Waals surface area (Å²) in [6.45, 7) is 2.52. The molecule has 110 valence electrons. The van der Waals surface area contributed by atoms with Gasteiger partial charge in [0.15, 0.2) is 11.6 Å². The van der Waals surface area contributed by atoms with Crippen molar-refractivity contribution in [2.75, 3.05) is 6.61 Å². The molecule has 0 bridgehead atoms. The highest BCUT2D eigenvalue weighted by Gasteiger charge is 2.06. The predicted octanol–water partition coefficient (Wildman–Crippen LogP) is 3.08. The van der Waals surface area contributed by atoms with Crippen LogP contribution in [0.4, 0.5) is 4.39 Å². The maximum Gasteiger partial charge on any atom is 0.224 e. The van der Waals surface area contributed by atoms with E-state index >= 15 is 0 Å². The fourth-order valence-corrected chi connectivity index (χ4v) is 1.97. The largest absolute Gasteiger partial charge is 0.491 e. The lowest BCUT2D eigenvalue weighted by atomic mass is 10.1. The lowest BCUT2D eigenvalue weighted by Gasteiger charge is -2.08. The van der Waals surface area contributed by atoms with Crippen LogP contribution in [0.3, 0.4) is 0 Å². The summed E-state index contributed by atoms with van der Waals surface area (Å²) in [6, 6.07) is 14.2. The summed E-state index contributed by atoms with van der Waals surface area (Å²) in [6.07, 6.45) is 0.320. The van der Waals surface area contributed by atoms with E-state index < -0.39 is 5.82 Å². The Hall–Kier alpha value is -2.36. The average molecular weight is 287 g/mol. The maximum atomic E-state index is 13.7. The number of carbonyl (C=O) groups is 1. The van der Waals surface area contributed by atoms with Crippen molar-refractivity contribution in [3.63, 3.8) is 0 Å². The number of ether oxygens (including phenoxy) is 1. The molecule has 0 saturated heterocycles. The van der Waals surface area contributed by atoms with Crippen LogP contribution in [0.1, 0.15) is 18.1 Å². The monoisotopic (exact) mass is 287 g/mol. The first-order valence-electron chi connectivity index (χ1n) is 6.91. The van der Waals surface area contributed by atoms with Crippen molar-refractivity contribution in [1.82, 2.24) is 5.32 Å². The van der Waals surface area contributed by atoms with Crippen molar-refractivity contribution in [2.24, 2.45) is 0 Å². The fraction of sp³-hybridized carbons (Fsp3) is 0.235. The van der Waals surface area contributed by atoms with Crippen LogP contribution >= 0.6 is 0 Å². The van der Waals surface area contributed by atoms with Crippen molar-refractivity contribution in [2.45, 2.75) is 19.9 Å². The Kier molecular flexibility index (Phi) is 5.32. The van der Waals surface area contributed by atoms with Crippen molar-refractivity contribution in [3.8, 4) is 5.75 Å². The molecule has 0 aliphatic heterocycles. The highest BCUT2D eigenvalue weighted by atomic mass is 19.1. The van der Waals surface area contributed by atoms with Crippen molar-refractivity contribution in [3.05, 3.63) is 65.5 Å². The lowest BCUT2D eigenvalue weighted by molar-refractivity contribution is -0.120. The Bertz CT molecular complexity index is 599. The third-order valence-electron chi connectivity index (χ3n) is 2.99. The molecule has 1 N–H and O–H groups in total. The average Bonchev–Trinajstić information content (AvgIpc) is 2.49. The third kappa shape index (κ3) is 4.60. The molecule has 0 saturated carbocycles. The molecule has 0 atom stereocenters. The summed E-state index contributed by atoms with van der Waals surface area (Å²) in [5.74, 6) is -0.265. The van der Waals surface area contributed by atoms with E-state index in [0.29, 0.717) is 25.1 Å². The minimum atomic E-state index is -0.411. The zero-order chi connectivity index (χ0) is 15.1. The highest BCUT2D eigenvalue weighted by Crippen LogP contribution is 2.18. The number of hydrogen-bond acceptors (Lipinski definition) is 2. The molecule has 0 radical (unpaired) electrons. The topological polar surface area (TPSA) is 38.3 Å². The molecule has 2 rings (SSSR count). The molecule has 0 spiro atoms. The van der Waals surface area contributed by atoms with E-state index in [9.17, 15) is 9.18 Å². The molecule has 2 aromatic carbocycles. The quantitative estimate of drug-likeness (QED) is 0.886. The second-order valence-corrected chi connectivity index (χ2v) is 4.64. The van der Waals surface area contributed by atoms with Crippen LogP contribution in [0.2, 0.25) is 0 Å². The maximum absolute atomic E-state index is 13.7. The molecular formula is C17H18FNO2. The normalized spacial score (nSPS) is 10.2. The number of rotatable bonds is 6. The minimum Gasteiger partial charge on any atom is -0.491 e. The molecule has 0 fully saturated rings. The molecule has 0 heterocycles. The van der Waals surface area contributed by atoms with Gasteiger partial charge < -0.3 is 10.1 Å². The van der Waals surface area contributed by atoms with Crippen LogP contribution in [0, 0.1) is 5.82 Å². The molecule has 1 amide bonds. The summed E-state index contributed by atoms with van der Waals surface area (Å²) in [5.41, 5.74) is 1.66. The first kappa shape index (κ1) is 15.0. The first-order valence-corrected chi connectivity index (χ1v) is 6.91. The Morgan fingerprint density at radius 1 is 1.14 bits per heavy atom. The van der Waals surface area contributed by atoms with E-state index in [0.717, 1.165) is 5.56 Å². The third-order valence-corrected chi connectivity index (χ3v) is 2.99. The lowest BCUT2D eigenvalue weighted by Crippen LogP contribution is -2.24. The van der Waals surface area contributed by atoms with Gasteiger partial charge in [-0.2, -0.15) is 0 Å². The molecule has 2 aromatic rings. The van der Waals surface area contributed by atoms with Gasteiger partial charge in [0.1, 0.15) is 0 Å². The van der Waals surface area contributed by atoms with E-state index in [2.05, 4.69) is 5.32 Å². The van der Waals surface area contributed by atoms with Gasteiger partial charge in [-0.05, 0) is 30.2 Å². The van der Waals surface area contributed by atoms with E-state index in [1.165, 1.54) is 6.07 Å². The van der Waals surface area contributed by atoms with Crippen molar-refractivity contribution >= 4 is 5.91 Å². The van der Waals surface area contributed by atoms with E-state index in [1.54, 1.807) is 19.1 Å². The van der Waals surface area contributed by atoms with Crippen LogP contribution in [-0.2, 0) is 17.8 Å². The molecular weight excluding hydrogens is 269 g/mol. The molecule has 0 aromatic heterocycles. The van der Waals surface area contributed by atoms with Gasteiger partial charge in [0.25, 0.3) is 0 Å². The number of hydrogen-bond donors (Lipinski definition) is 1. The first-order chi connectivity index (χ1) is 10.2. The number of benzene rings is 2. The zero-order valence-corrected chi connectivity index (χ0v) is 11.9. The minimum absolute atomic E-state index is 0.0875. The number of halogens is 1. The van der Waals surface area contributed by atoms with Gasteiger partial charge in [0.05, 0.1) is 13.0 Å². The summed E-state index contributed by atoms with van der Waals surface area (Å²) < 4.78 is 18.8. The molecule has 3 nitrogen and oxygen atoms in total. The molecule has 0 aliphatic rings. The Balaban J connectivity index is 1.88. The van der Waals surface area contributed by atoms with Crippen LogP contribution in [0.25, 0.3) is 0 Å². The highest BCUT2D eigenvalue weighted by molar-refractivity contribution is 5.78. The van der Waals surface area contributed by atoms with Crippen LogP contribution in [0.15, 0.2) is 48.5 Å². The summed E-state index contributed by atoms with van der Waals surface area (Å²) in [7, 11) is 0. The molecule has 21 heavy (non-hydrogen) atoms. The SMILES string of the molecule is CCOc1ccc(CNC(=O)Cc2ccccc2)cc1F. The molecule has 4 heteroatoms. The molecule has 0 aliphatic carbocycles. The van der Waals surface area contributed by atoms with Crippen molar-refractivity contribution < 1.29 is 13.9 Å². The standard InChI is InChI=1S/C17H18FNO2/c1-2-21-16-9-8-14(10-15(16)18)12-19-17(20)11-13-6-4-3-5-7-13/h3-10H,2,11-12H2,1H3,(H,19,20). The second-order valence-electron chi connectivity index (χ2n) is 4.64. The van der Waals surface area contributed by atoms with Crippen LogP contribution in [0.5, 0.6) is 5.75 Å². The molecule has 0 unspecified atom stereocenters. The van der Waals surface area contributed by atoms with Crippen LogP contribution in [-0.4, -0.2) is 12.5 Å². The number of amides is 1. The van der Waals surface area contributed by atoms with Gasteiger partial charge in [-0.1, -0.05) is 36.4 Å². The van der Waals surface area contributed by atoms with Gasteiger partial charge >= 0.3 is 0 Å². The van der Waals surface area contributed by atoms with Gasteiger partial charge in [-0.25, -0.2) is 4.39 Å². The Morgan fingerprint density at radius 3 is 2.57 bits per heavy atom.